The first kappa shape index (κ1) is 15.4. The molecule has 0 aliphatic heterocycles. The largest absolute Gasteiger partial charge is 0.342 e. The summed E-state index contributed by atoms with van der Waals surface area (Å²) >= 11 is 15.3. The molecular formula is C14H13BrCl2N2O. The minimum Gasteiger partial charge on any atom is -0.342 e. The Bertz CT molecular complexity index is 640. The van der Waals surface area contributed by atoms with E-state index in [9.17, 15) is 4.79 Å². The van der Waals surface area contributed by atoms with Crippen molar-refractivity contribution in [3.63, 3.8) is 0 Å². The zero-order chi connectivity index (χ0) is 14.7. The maximum absolute atomic E-state index is 12.3. The highest BCUT2D eigenvalue weighted by Crippen LogP contribution is 2.26. The van der Waals surface area contributed by atoms with E-state index in [1.165, 1.54) is 0 Å². The third-order valence-electron chi connectivity index (χ3n) is 2.74. The average Bonchev–Trinajstić information content (AvgIpc) is 2.75. The number of amides is 1. The van der Waals surface area contributed by atoms with Crippen molar-refractivity contribution in [2.75, 3.05) is 5.32 Å². The van der Waals surface area contributed by atoms with Crippen molar-refractivity contribution in [3.05, 3.63) is 50.7 Å². The number of halogens is 3. The van der Waals surface area contributed by atoms with Gasteiger partial charge in [0.05, 0.1) is 10.0 Å². The summed E-state index contributed by atoms with van der Waals surface area (Å²) in [4.78, 5) is 12.3. The fraction of sp³-hybridized carbons (Fsp3) is 0.214. The van der Waals surface area contributed by atoms with Crippen LogP contribution in [-0.2, 0) is 6.54 Å². The monoisotopic (exact) mass is 374 g/mol. The van der Waals surface area contributed by atoms with Crippen molar-refractivity contribution in [1.82, 2.24) is 4.57 Å². The predicted molar refractivity (Wildman–Crippen MR) is 86.8 cm³/mol. The van der Waals surface area contributed by atoms with E-state index in [2.05, 4.69) is 21.2 Å². The van der Waals surface area contributed by atoms with E-state index in [0.29, 0.717) is 21.4 Å². The Morgan fingerprint density at radius 2 is 2.10 bits per heavy atom. The number of aryl methyl sites for hydroxylation is 1. The van der Waals surface area contributed by atoms with E-state index in [-0.39, 0.29) is 5.91 Å². The molecule has 106 valence electrons. The second kappa shape index (κ2) is 6.66. The lowest BCUT2D eigenvalue weighted by Crippen LogP contribution is -2.16. The fourth-order valence-corrected chi connectivity index (χ4v) is 2.51. The summed E-state index contributed by atoms with van der Waals surface area (Å²) in [7, 11) is 0. The normalized spacial score (nSPS) is 10.6. The third kappa shape index (κ3) is 3.57. The number of rotatable bonds is 4. The molecule has 2 aromatic rings. The van der Waals surface area contributed by atoms with Crippen molar-refractivity contribution in [2.45, 2.75) is 19.9 Å². The number of benzene rings is 1. The van der Waals surface area contributed by atoms with E-state index in [4.69, 9.17) is 23.2 Å². The zero-order valence-corrected chi connectivity index (χ0v) is 13.9. The van der Waals surface area contributed by atoms with Crippen LogP contribution in [0, 0.1) is 0 Å². The highest BCUT2D eigenvalue weighted by atomic mass is 79.9. The highest BCUT2D eigenvalue weighted by molar-refractivity contribution is 9.10. The van der Waals surface area contributed by atoms with Gasteiger partial charge in [0.15, 0.2) is 0 Å². The van der Waals surface area contributed by atoms with Gasteiger partial charge in [0, 0.05) is 22.9 Å². The first-order chi connectivity index (χ1) is 9.51. The van der Waals surface area contributed by atoms with Crippen LogP contribution in [0.1, 0.15) is 23.8 Å². The lowest BCUT2D eigenvalue weighted by Gasteiger charge is -2.09. The molecule has 0 aliphatic rings. The van der Waals surface area contributed by atoms with Gasteiger partial charge in [-0.05, 0) is 46.6 Å². The number of carbonyl (C=O) groups is 1. The van der Waals surface area contributed by atoms with Gasteiger partial charge in [0.25, 0.3) is 5.91 Å². The summed E-state index contributed by atoms with van der Waals surface area (Å²) in [5.74, 6) is -0.205. The van der Waals surface area contributed by atoms with Gasteiger partial charge < -0.3 is 9.88 Å². The van der Waals surface area contributed by atoms with E-state index in [0.717, 1.165) is 17.4 Å². The summed E-state index contributed by atoms with van der Waals surface area (Å²) in [6.07, 6.45) is 2.68. The number of anilines is 1. The Labute approximate surface area is 136 Å². The van der Waals surface area contributed by atoms with Gasteiger partial charge >= 0.3 is 0 Å². The molecule has 0 radical (unpaired) electrons. The molecule has 0 atom stereocenters. The maximum atomic E-state index is 12.3. The molecule has 20 heavy (non-hydrogen) atoms. The van der Waals surface area contributed by atoms with E-state index >= 15 is 0 Å². The highest BCUT2D eigenvalue weighted by Gasteiger charge is 2.13. The summed E-state index contributed by atoms with van der Waals surface area (Å²) < 4.78 is 2.63. The maximum Gasteiger partial charge on any atom is 0.272 e. The van der Waals surface area contributed by atoms with Crippen molar-refractivity contribution in [3.8, 4) is 0 Å². The molecule has 0 saturated carbocycles. The smallest absolute Gasteiger partial charge is 0.272 e. The van der Waals surface area contributed by atoms with Crippen LogP contribution in [0.2, 0.25) is 10.0 Å². The second-order valence-corrected chi connectivity index (χ2v) is 6.02. The molecule has 0 spiro atoms. The number of carbonyl (C=O) groups excluding carboxylic acids is 1. The molecule has 0 bridgehead atoms. The van der Waals surface area contributed by atoms with Gasteiger partial charge in [-0.1, -0.05) is 30.1 Å². The standard InChI is InChI=1S/C14H13BrCl2N2O/c1-2-5-19-8-9(16)6-13(19)14(20)18-10-3-4-11(15)12(17)7-10/h3-4,6-8H,2,5H2,1H3,(H,18,20). The molecular weight excluding hydrogens is 363 g/mol. The number of hydrogen-bond donors (Lipinski definition) is 1. The quantitative estimate of drug-likeness (QED) is 0.780. The lowest BCUT2D eigenvalue weighted by atomic mass is 10.3. The van der Waals surface area contributed by atoms with Crippen LogP contribution in [0.3, 0.4) is 0 Å². The van der Waals surface area contributed by atoms with E-state index in [1.807, 2.05) is 11.5 Å². The Hall–Kier alpha value is -0.970. The Balaban J connectivity index is 2.21. The van der Waals surface area contributed by atoms with Gasteiger partial charge in [-0.25, -0.2) is 0 Å². The molecule has 1 amide bonds. The molecule has 0 aliphatic carbocycles. The average molecular weight is 376 g/mol. The lowest BCUT2D eigenvalue weighted by molar-refractivity contribution is 0.101. The van der Waals surface area contributed by atoms with Crippen LogP contribution in [0.15, 0.2) is 34.9 Å². The van der Waals surface area contributed by atoms with E-state index < -0.39 is 0 Å². The first-order valence-electron chi connectivity index (χ1n) is 6.13. The van der Waals surface area contributed by atoms with E-state index in [1.54, 1.807) is 30.5 Å². The third-order valence-corrected chi connectivity index (χ3v) is 4.18. The molecule has 1 aromatic heterocycles. The van der Waals surface area contributed by atoms with Crippen LogP contribution in [0.5, 0.6) is 0 Å². The van der Waals surface area contributed by atoms with Crippen molar-refractivity contribution >= 4 is 50.7 Å². The van der Waals surface area contributed by atoms with Crippen molar-refractivity contribution in [1.29, 1.82) is 0 Å². The minimum absolute atomic E-state index is 0.205. The summed E-state index contributed by atoms with van der Waals surface area (Å²) in [6.45, 7) is 2.79. The molecule has 0 fully saturated rings. The zero-order valence-electron chi connectivity index (χ0n) is 10.8. The molecule has 1 N–H and O–H groups in total. The number of aromatic nitrogens is 1. The Kier molecular flexibility index (Phi) is 5.13. The first-order valence-corrected chi connectivity index (χ1v) is 7.68. The summed E-state index contributed by atoms with van der Waals surface area (Å²) in [5.41, 5.74) is 1.18. The minimum atomic E-state index is -0.205. The Morgan fingerprint density at radius 3 is 2.75 bits per heavy atom. The van der Waals surface area contributed by atoms with Crippen LogP contribution < -0.4 is 5.32 Å². The predicted octanol–water partition coefficient (Wildman–Crippen LogP) is 5.22. The Morgan fingerprint density at radius 1 is 1.35 bits per heavy atom. The number of nitrogens with one attached hydrogen (secondary N) is 1. The van der Waals surface area contributed by atoms with Crippen LogP contribution in [-0.4, -0.2) is 10.5 Å². The van der Waals surface area contributed by atoms with Gasteiger partial charge in [0.1, 0.15) is 5.69 Å². The molecule has 0 unspecified atom stereocenters. The molecule has 0 saturated heterocycles. The summed E-state index contributed by atoms with van der Waals surface area (Å²) in [5, 5.41) is 3.91. The second-order valence-electron chi connectivity index (χ2n) is 4.32. The van der Waals surface area contributed by atoms with Gasteiger partial charge in [-0.3, -0.25) is 4.79 Å². The topological polar surface area (TPSA) is 34.0 Å². The molecule has 6 heteroatoms. The molecule has 1 aromatic carbocycles. The van der Waals surface area contributed by atoms with Gasteiger partial charge in [-0.15, -0.1) is 0 Å². The molecule has 2 rings (SSSR count). The van der Waals surface area contributed by atoms with Crippen molar-refractivity contribution < 1.29 is 4.79 Å². The van der Waals surface area contributed by atoms with Crippen LogP contribution in [0.25, 0.3) is 0 Å². The van der Waals surface area contributed by atoms with Crippen molar-refractivity contribution in [2.24, 2.45) is 0 Å². The number of hydrogen-bond acceptors (Lipinski definition) is 1. The fourth-order valence-electron chi connectivity index (χ4n) is 1.86. The molecule has 3 nitrogen and oxygen atoms in total. The van der Waals surface area contributed by atoms with Crippen LogP contribution in [0.4, 0.5) is 5.69 Å². The van der Waals surface area contributed by atoms with Gasteiger partial charge in [0.2, 0.25) is 0 Å². The SMILES string of the molecule is CCCn1cc(Cl)cc1C(=O)Nc1ccc(Br)c(Cl)c1. The summed E-state index contributed by atoms with van der Waals surface area (Å²) in [6, 6.07) is 6.92. The molecule has 1 heterocycles. The number of nitrogens with zero attached hydrogens (tertiary/aromatic N) is 1. The van der Waals surface area contributed by atoms with Gasteiger partial charge in [-0.2, -0.15) is 0 Å². The van der Waals surface area contributed by atoms with Crippen LogP contribution >= 0.6 is 39.1 Å².